The summed E-state index contributed by atoms with van der Waals surface area (Å²) in [4.78, 5) is 17.1. The van der Waals surface area contributed by atoms with Crippen LogP contribution < -0.4 is 0 Å². The normalized spacial score (nSPS) is 10.9. The number of carboxylic acids is 1. The molecule has 3 N–H and O–H groups in total. The minimum absolute atomic E-state index is 0.220. The highest BCUT2D eigenvalue weighted by Crippen LogP contribution is 2.31. The predicted octanol–water partition coefficient (Wildman–Crippen LogP) is 3.17. The van der Waals surface area contributed by atoms with Crippen LogP contribution in [0, 0.1) is 6.92 Å². The summed E-state index contributed by atoms with van der Waals surface area (Å²) in [6.45, 7) is 2.03. The van der Waals surface area contributed by atoms with Crippen molar-refractivity contribution in [2.75, 3.05) is 0 Å². The number of hydrogen-bond acceptors (Lipinski definition) is 1. The molecule has 0 aliphatic heterocycles. The predicted molar refractivity (Wildman–Crippen MR) is 69.8 cm³/mol. The Labute approximate surface area is 103 Å². The van der Waals surface area contributed by atoms with Crippen LogP contribution in [0.2, 0.25) is 0 Å². The Morgan fingerprint density at radius 1 is 1.17 bits per heavy atom. The van der Waals surface area contributed by atoms with Crippen LogP contribution in [0.3, 0.4) is 0 Å². The number of nitrogens with one attached hydrogen (secondary N) is 2. The molecule has 0 amide bonds. The molecular weight excluding hydrogens is 228 g/mol. The van der Waals surface area contributed by atoms with Gasteiger partial charge in [-0.15, -0.1) is 0 Å². The molecule has 90 valence electrons. The number of aromatic nitrogens is 2. The van der Waals surface area contributed by atoms with Crippen LogP contribution in [0.1, 0.15) is 16.1 Å². The number of para-hydroxylation sites is 1. The number of fused-ring (bicyclic) bond motifs is 1. The van der Waals surface area contributed by atoms with E-state index in [1.54, 1.807) is 12.3 Å². The van der Waals surface area contributed by atoms with Gasteiger partial charge in [-0.05, 0) is 18.6 Å². The minimum atomic E-state index is -0.947. The molecule has 0 aliphatic rings. The van der Waals surface area contributed by atoms with Gasteiger partial charge in [-0.1, -0.05) is 18.2 Å². The summed E-state index contributed by atoms with van der Waals surface area (Å²) in [5.41, 5.74) is 4.03. The van der Waals surface area contributed by atoms with Crippen LogP contribution in [0.25, 0.3) is 22.0 Å². The average Bonchev–Trinajstić information content (AvgIpc) is 2.94. The third-order valence-electron chi connectivity index (χ3n) is 3.17. The number of carbonyl (C=O) groups is 1. The van der Waals surface area contributed by atoms with E-state index in [1.165, 1.54) is 0 Å². The van der Waals surface area contributed by atoms with E-state index in [0.717, 1.165) is 22.0 Å². The quantitative estimate of drug-likeness (QED) is 0.644. The maximum Gasteiger partial charge on any atom is 0.352 e. The highest BCUT2D eigenvalue weighted by Gasteiger charge is 2.16. The van der Waals surface area contributed by atoms with E-state index < -0.39 is 5.97 Å². The third kappa shape index (κ3) is 1.43. The molecule has 0 bridgehead atoms. The van der Waals surface area contributed by atoms with E-state index in [9.17, 15) is 4.79 Å². The monoisotopic (exact) mass is 240 g/mol. The second kappa shape index (κ2) is 3.77. The first-order chi connectivity index (χ1) is 8.68. The summed E-state index contributed by atoms with van der Waals surface area (Å²) in [6.07, 6.45) is 3.50. The van der Waals surface area contributed by atoms with Gasteiger partial charge >= 0.3 is 5.97 Å². The Kier molecular flexibility index (Phi) is 2.23. The van der Waals surface area contributed by atoms with Crippen LogP contribution in [-0.4, -0.2) is 21.0 Å². The van der Waals surface area contributed by atoms with Crippen LogP contribution in [0.15, 0.2) is 36.7 Å². The molecule has 18 heavy (non-hydrogen) atoms. The maximum atomic E-state index is 11.1. The highest BCUT2D eigenvalue weighted by atomic mass is 16.4. The van der Waals surface area contributed by atoms with Crippen LogP contribution in [0.5, 0.6) is 0 Å². The molecular formula is C14H12N2O2. The Morgan fingerprint density at radius 2 is 2.00 bits per heavy atom. The minimum Gasteiger partial charge on any atom is -0.477 e. The zero-order valence-corrected chi connectivity index (χ0v) is 9.82. The molecule has 3 rings (SSSR count). The second-order valence-electron chi connectivity index (χ2n) is 4.27. The first-order valence-electron chi connectivity index (χ1n) is 5.66. The summed E-state index contributed by atoms with van der Waals surface area (Å²) < 4.78 is 0. The highest BCUT2D eigenvalue weighted by molar-refractivity contribution is 6.03. The number of aromatic amines is 2. The largest absolute Gasteiger partial charge is 0.477 e. The van der Waals surface area contributed by atoms with Crippen molar-refractivity contribution in [1.29, 1.82) is 0 Å². The fraction of sp³-hybridized carbons (Fsp3) is 0.0714. The van der Waals surface area contributed by atoms with Crippen molar-refractivity contribution in [3.05, 3.63) is 47.9 Å². The van der Waals surface area contributed by atoms with Crippen LogP contribution in [-0.2, 0) is 0 Å². The summed E-state index contributed by atoms with van der Waals surface area (Å²) in [5.74, 6) is -0.947. The number of aryl methyl sites for hydroxylation is 1. The lowest BCUT2D eigenvalue weighted by Crippen LogP contribution is -1.98. The summed E-state index contributed by atoms with van der Waals surface area (Å²) >= 11 is 0. The molecule has 0 atom stereocenters. The Bertz CT molecular complexity index is 737. The molecule has 0 fully saturated rings. The number of carboxylic acid groups (broad SMARTS) is 1. The van der Waals surface area contributed by atoms with Crippen molar-refractivity contribution in [2.45, 2.75) is 6.92 Å². The molecule has 4 nitrogen and oxygen atoms in total. The van der Waals surface area contributed by atoms with Gasteiger partial charge in [-0.25, -0.2) is 4.79 Å². The van der Waals surface area contributed by atoms with E-state index >= 15 is 0 Å². The molecule has 0 radical (unpaired) electrons. The lowest BCUT2D eigenvalue weighted by atomic mass is 10.0. The number of benzene rings is 1. The fourth-order valence-corrected chi connectivity index (χ4v) is 2.30. The molecule has 0 aliphatic carbocycles. The lowest BCUT2D eigenvalue weighted by molar-refractivity contribution is 0.0692. The first kappa shape index (κ1) is 10.7. The summed E-state index contributed by atoms with van der Waals surface area (Å²) in [6, 6.07) is 7.78. The summed E-state index contributed by atoms with van der Waals surface area (Å²) in [5, 5.41) is 10.2. The molecule has 0 saturated heterocycles. The van der Waals surface area contributed by atoms with Gasteiger partial charge < -0.3 is 15.1 Å². The molecule has 4 heteroatoms. The molecule has 0 spiro atoms. The molecule has 1 aromatic carbocycles. The number of rotatable bonds is 2. The Balaban J connectivity index is 2.29. The smallest absolute Gasteiger partial charge is 0.352 e. The zero-order valence-electron chi connectivity index (χ0n) is 9.82. The maximum absolute atomic E-state index is 11.1. The van der Waals surface area contributed by atoms with Gasteiger partial charge in [0.1, 0.15) is 5.69 Å². The molecule has 0 unspecified atom stereocenters. The topological polar surface area (TPSA) is 68.9 Å². The molecule has 3 aromatic rings. The second-order valence-corrected chi connectivity index (χ2v) is 4.27. The van der Waals surface area contributed by atoms with E-state index in [1.807, 2.05) is 31.3 Å². The van der Waals surface area contributed by atoms with Gasteiger partial charge in [0.2, 0.25) is 0 Å². The van der Waals surface area contributed by atoms with Crippen LogP contribution >= 0.6 is 0 Å². The zero-order chi connectivity index (χ0) is 12.7. The third-order valence-corrected chi connectivity index (χ3v) is 3.17. The van der Waals surface area contributed by atoms with Gasteiger partial charge in [-0.2, -0.15) is 0 Å². The van der Waals surface area contributed by atoms with Gasteiger partial charge in [0.25, 0.3) is 0 Å². The molecule has 2 aromatic heterocycles. The number of hydrogen-bond donors (Lipinski definition) is 3. The van der Waals surface area contributed by atoms with Crippen molar-refractivity contribution in [2.24, 2.45) is 0 Å². The van der Waals surface area contributed by atoms with Gasteiger partial charge in [0, 0.05) is 34.4 Å². The lowest BCUT2D eigenvalue weighted by Gasteiger charge is -2.00. The van der Waals surface area contributed by atoms with Crippen molar-refractivity contribution in [3.63, 3.8) is 0 Å². The standard InChI is InChI=1S/C14H12N2O2/c1-8-3-2-4-9-11(7-16-12(8)9)10-5-6-15-13(10)14(17)18/h2-7,15-16H,1H3,(H,17,18). The van der Waals surface area contributed by atoms with Crippen molar-refractivity contribution >= 4 is 16.9 Å². The van der Waals surface area contributed by atoms with Gasteiger partial charge in [-0.3, -0.25) is 0 Å². The average molecular weight is 240 g/mol. The van der Waals surface area contributed by atoms with E-state index in [4.69, 9.17) is 5.11 Å². The van der Waals surface area contributed by atoms with E-state index in [0.29, 0.717) is 5.56 Å². The van der Waals surface area contributed by atoms with Crippen molar-refractivity contribution in [1.82, 2.24) is 9.97 Å². The number of H-pyrrole nitrogens is 2. The Morgan fingerprint density at radius 3 is 2.78 bits per heavy atom. The van der Waals surface area contributed by atoms with Gasteiger partial charge in [0.05, 0.1) is 0 Å². The van der Waals surface area contributed by atoms with Gasteiger partial charge in [0.15, 0.2) is 0 Å². The van der Waals surface area contributed by atoms with E-state index in [-0.39, 0.29) is 5.69 Å². The molecule has 2 heterocycles. The van der Waals surface area contributed by atoms with Crippen molar-refractivity contribution in [3.8, 4) is 11.1 Å². The Hall–Kier alpha value is -2.49. The molecule has 0 saturated carbocycles. The summed E-state index contributed by atoms with van der Waals surface area (Å²) in [7, 11) is 0. The SMILES string of the molecule is Cc1cccc2c(-c3cc[nH]c3C(=O)O)c[nH]c12. The number of aromatic carboxylic acids is 1. The van der Waals surface area contributed by atoms with Crippen molar-refractivity contribution < 1.29 is 9.90 Å². The van der Waals surface area contributed by atoms with E-state index in [2.05, 4.69) is 9.97 Å². The first-order valence-corrected chi connectivity index (χ1v) is 5.66. The van der Waals surface area contributed by atoms with Crippen LogP contribution in [0.4, 0.5) is 0 Å². The fourth-order valence-electron chi connectivity index (χ4n) is 2.30.